The third kappa shape index (κ3) is 3.39. The number of rotatable bonds is 6. The molecule has 0 aliphatic carbocycles. The van der Waals surface area contributed by atoms with Crippen LogP contribution in [0.25, 0.3) is 22.3 Å². The first kappa shape index (κ1) is 17.9. The van der Waals surface area contributed by atoms with Crippen molar-refractivity contribution in [3.05, 3.63) is 78.1 Å². The average molecular weight is 383 g/mol. The van der Waals surface area contributed by atoms with Crippen LogP contribution in [0.3, 0.4) is 0 Å². The fraction of sp³-hybridized carbons (Fsp3) is 0.280. The van der Waals surface area contributed by atoms with E-state index in [1.54, 1.807) is 6.20 Å². The smallest absolute Gasteiger partial charge is 0.213 e. The minimum atomic E-state index is 0.358. The van der Waals surface area contributed by atoms with E-state index in [1.807, 2.05) is 12.1 Å². The standard InChI is InChI=1S/C25H25N3O/c1-2-3-15-29-24-17-19(13-14-26-24)22-11-9-20-16-21-10-12-23(28(21)25(20)27-22)18-7-5-4-6-8-18/h4-9,11,13-14,16-17,23H,2-3,10,12,15H2,1H3. The van der Waals surface area contributed by atoms with Crippen molar-refractivity contribution >= 4 is 11.0 Å². The van der Waals surface area contributed by atoms with Crippen molar-refractivity contribution < 1.29 is 4.74 Å². The number of nitrogens with zero attached hydrogens (tertiary/aromatic N) is 3. The SMILES string of the molecule is CCCCOc1cc(-c2ccc3cc4n(c3n2)C(c2ccccc2)CC4)ccn1. The summed E-state index contributed by atoms with van der Waals surface area (Å²) in [6.45, 7) is 2.86. The molecular weight excluding hydrogens is 358 g/mol. The molecule has 1 unspecified atom stereocenters. The van der Waals surface area contributed by atoms with Crippen molar-refractivity contribution in [3.63, 3.8) is 0 Å². The minimum absolute atomic E-state index is 0.358. The van der Waals surface area contributed by atoms with Gasteiger partial charge in [-0.3, -0.25) is 0 Å². The normalized spacial score (nSPS) is 15.6. The van der Waals surface area contributed by atoms with E-state index in [9.17, 15) is 0 Å². The number of ether oxygens (including phenoxy) is 1. The van der Waals surface area contributed by atoms with Crippen LogP contribution in [-0.2, 0) is 6.42 Å². The second-order valence-electron chi connectivity index (χ2n) is 7.66. The molecule has 0 radical (unpaired) electrons. The van der Waals surface area contributed by atoms with Gasteiger partial charge in [0.15, 0.2) is 0 Å². The molecule has 29 heavy (non-hydrogen) atoms. The first-order valence-corrected chi connectivity index (χ1v) is 10.5. The molecule has 0 fully saturated rings. The molecule has 0 bridgehead atoms. The Morgan fingerprint density at radius 1 is 1.07 bits per heavy atom. The maximum absolute atomic E-state index is 5.79. The number of aromatic nitrogens is 3. The van der Waals surface area contributed by atoms with Crippen molar-refractivity contribution in [3.8, 4) is 17.1 Å². The van der Waals surface area contributed by atoms with Gasteiger partial charge in [-0.1, -0.05) is 43.7 Å². The third-order valence-corrected chi connectivity index (χ3v) is 5.71. The molecule has 5 rings (SSSR count). The van der Waals surface area contributed by atoms with Crippen LogP contribution in [0.4, 0.5) is 0 Å². The van der Waals surface area contributed by atoms with Gasteiger partial charge in [0.25, 0.3) is 0 Å². The van der Waals surface area contributed by atoms with Crippen LogP contribution in [-0.4, -0.2) is 21.1 Å². The summed E-state index contributed by atoms with van der Waals surface area (Å²) in [6, 6.07) is 21.7. The maximum atomic E-state index is 5.79. The molecule has 1 atom stereocenters. The van der Waals surface area contributed by atoms with Crippen molar-refractivity contribution in [2.45, 2.75) is 38.6 Å². The minimum Gasteiger partial charge on any atom is -0.478 e. The summed E-state index contributed by atoms with van der Waals surface area (Å²) in [6.07, 6.45) is 6.17. The lowest BCUT2D eigenvalue weighted by atomic mass is 10.0. The molecule has 0 N–H and O–H groups in total. The summed E-state index contributed by atoms with van der Waals surface area (Å²) in [5, 5.41) is 1.21. The number of unbranched alkanes of at least 4 members (excludes halogenated alkanes) is 1. The first-order chi connectivity index (χ1) is 14.3. The van der Waals surface area contributed by atoms with Crippen LogP contribution < -0.4 is 4.74 Å². The molecule has 1 aliphatic heterocycles. The Kier molecular flexibility index (Phi) is 4.76. The van der Waals surface area contributed by atoms with Crippen LogP contribution in [0, 0.1) is 0 Å². The van der Waals surface area contributed by atoms with Crippen molar-refractivity contribution in [2.24, 2.45) is 0 Å². The lowest BCUT2D eigenvalue weighted by Gasteiger charge is -2.15. The Bertz CT molecular complexity index is 1130. The van der Waals surface area contributed by atoms with Gasteiger partial charge in [0.2, 0.25) is 5.88 Å². The van der Waals surface area contributed by atoms with Crippen molar-refractivity contribution in [1.29, 1.82) is 0 Å². The summed E-state index contributed by atoms with van der Waals surface area (Å²) in [7, 11) is 0. The summed E-state index contributed by atoms with van der Waals surface area (Å²) in [5.74, 6) is 0.667. The zero-order chi connectivity index (χ0) is 19.6. The second kappa shape index (κ2) is 7.70. The molecule has 4 heteroatoms. The summed E-state index contributed by atoms with van der Waals surface area (Å²) >= 11 is 0. The van der Waals surface area contributed by atoms with E-state index in [-0.39, 0.29) is 0 Å². The number of fused-ring (bicyclic) bond motifs is 3. The molecule has 3 aromatic heterocycles. The van der Waals surface area contributed by atoms with Crippen molar-refractivity contribution in [1.82, 2.24) is 14.5 Å². The van der Waals surface area contributed by atoms with Gasteiger partial charge in [0.05, 0.1) is 18.3 Å². The van der Waals surface area contributed by atoms with Crippen LogP contribution in [0.1, 0.15) is 43.5 Å². The summed E-state index contributed by atoms with van der Waals surface area (Å²) in [5.41, 5.74) is 5.79. The van der Waals surface area contributed by atoms with E-state index in [2.05, 4.69) is 65.0 Å². The van der Waals surface area contributed by atoms with Crippen LogP contribution in [0.2, 0.25) is 0 Å². The van der Waals surface area contributed by atoms with Gasteiger partial charge in [-0.05, 0) is 49.1 Å². The topological polar surface area (TPSA) is 39.9 Å². The van der Waals surface area contributed by atoms with Crippen LogP contribution in [0.15, 0.2) is 66.9 Å². The van der Waals surface area contributed by atoms with Gasteiger partial charge in [-0.2, -0.15) is 0 Å². The fourth-order valence-electron chi connectivity index (χ4n) is 4.22. The highest BCUT2D eigenvalue weighted by Gasteiger charge is 2.26. The fourth-order valence-corrected chi connectivity index (χ4v) is 4.22. The lowest BCUT2D eigenvalue weighted by Crippen LogP contribution is -2.06. The number of aryl methyl sites for hydroxylation is 1. The molecule has 0 saturated carbocycles. The molecule has 0 saturated heterocycles. The molecule has 1 aliphatic rings. The van der Waals surface area contributed by atoms with E-state index >= 15 is 0 Å². The van der Waals surface area contributed by atoms with E-state index in [0.29, 0.717) is 18.5 Å². The molecule has 0 spiro atoms. The van der Waals surface area contributed by atoms with Gasteiger partial charge in [-0.25, -0.2) is 9.97 Å². The second-order valence-corrected chi connectivity index (χ2v) is 7.66. The predicted molar refractivity (Wildman–Crippen MR) is 116 cm³/mol. The quantitative estimate of drug-likeness (QED) is 0.394. The monoisotopic (exact) mass is 383 g/mol. The first-order valence-electron chi connectivity index (χ1n) is 10.5. The number of hydrogen-bond acceptors (Lipinski definition) is 3. The molecule has 1 aromatic carbocycles. The molecule has 0 amide bonds. The molecule has 4 nitrogen and oxygen atoms in total. The highest BCUT2D eigenvalue weighted by molar-refractivity contribution is 5.81. The average Bonchev–Trinajstić information content (AvgIpc) is 3.34. The Hall–Kier alpha value is -3.14. The molecule has 4 heterocycles. The van der Waals surface area contributed by atoms with E-state index in [4.69, 9.17) is 9.72 Å². The van der Waals surface area contributed by atoms with E-state index in [1.165, 1.54) is 16.6 Å². The van der Waals surface area contributed by atoms with Gasteiger partial charge < -0.3 is 9.30 Å². The van der Waals surface area contributed by atoms with Gasteiger partial charge >= 0.3 is 0 Å². The third-order valence-electron chi connectivity index (χ3n) is 5.71. The van der Waals surface area contributed by atoms with E-state index in [0.717, 1.165) is 42.6 Å². The Morgan fingerprint density at radius 2 is 1.97 bits per heavy atom. The number of hydrogen-bond donors (Lipinski definition) is 0. The summed E-state index contributed by atoms with van der Waals surface area (Å²) < 4.78 is 8.21. The Balaban J connectivity index is 1.52. The summed E-state index contributed by atoms with van der Waals surface area (Å²) in [4.78, 5) is 9.41. The predicted octanol–water partition coefficient (Wildman–Crippen LogP) is 5.81. The Morgan fingerprint density at radius 3 is 2.83 bits per heavy atom. The number of benzene rings is 1. The zero-order valence-electron chi connectivity index (χ0n) is 16.7. The maximum Gasteiger partial charge on any atom is 0.213 e. The van der Waals surface area contributed by atoms with E-state index < -0.39 is 0 Å². The number of pyridine rings is 2. The molecular formula is C25H25N3O. The largest absolute Gasteiger partial charge is 0.478 e. The van der Waals surface area contributed by atoms with Gasteiger partial charge in [0.1, 0.15) is 5.65 Å². The van der Waals surface area contributed by atoms with Gasteiger partial charge in [-0.15, -0.1) is 0 Å². The highest BCUT2D eigenvalue weighted by Crippen LogP contribution is 2.37. The molecule has 146 valence electrons. The highest BCUT2D eigenvalue weighted by atomic mass is 16.5. The Labute approximate surface area is 171 Å². The molecule has 4 aromatic rings. The van der Waals surface area contributed by atoms with Crippen LogP contribution in [0.5, 0.6) is 5.88 Å². The lowest BCUT2D eigenvalue weighted by molar-refractivity contribution is 0.298. The van der Waals surface area contributed by atoms with Gasteiger partial charge in [0, 0.05) is 28.9 Å². The van der Waals surface area contributed by atoms with Crippen molar-refractivity contribution in [2.75, 3.05) is 6.61 Å². The zero-order valence-corrected chi connectivity index (χ0v) is 16.7. The van der Waals surface area contributed by atoms with Crippen LogP contribution >= 0.6 is 0 Å².